The maximum atomic E-state index is 13.7. The first-order valence-electron chi connectivity index (χ1n) is 6.40. The zero-order chi connectivity index (χ0) is 14.9. The smallest absolute Gasteiger partial charge is 0.319 e. The van der Waals surface area contributed by atoms with Crippen LogP contribution in [0.3, 0.4) is 0 Å². The maximum Gasteiger partial charge on any atom is 0.319 e. The summed E-state index contributed by atoms with van der Waals surface area (Å²) in [6.07, 6.45) is 0.955. The Morgan fingerprint density at radius 2 is 2.05 bits per heavy atom. The zero-order valence-electron chi connectivity index (χ0n) is 11.0. The number of carboxylic acids is 1. The highest BCUT2D eigenvalue weighted by molar-refractivity contribution is 6.04. The van der Waals surface area contributed by atoms with Gasteiger partial charge in [0.25, 0.3) is 0 Å². The van der Waals surface area contributed by atoms with Crippen molar-refractivity contribution < 1.29 is 23.5 Å². The number of amides is 1. The average molecular weight is 283 g/mol. The van der Waals surface area contributed by atoms with Crippen LogP contribution in [-0.4, -0.2) is 17.0 Å². The molecule has 1 aromatic carbocycles. The molecule has 6 heteroatoms. The van der Waals surface area contributed by atoms with E-state index in [1.807, 2.05) is 0 Å². The number of carboxylic acid groups (broad SMARTS) is 1. The van der Waals surface area contributed by atoms with E-state index in [1.165, 1.54) is 6.07 Å². The average Bonchev–Trinajstić information content (AvgIpc) is 3.17. The van der Waals surface area contributed by atoms with Crippen molar-refractivity contribution in [2.24, 2.45) is 5.41 Å². The molecule has 1 fully saturated rings. The van der Waals surface area contributed by atoms with Crippen molar-refractivity contribution in [3.8, 4) is 0 Å². The summed E-state index contributed by atoms with van der Waals surface area (Å²) in [7, 11) is 0. The fraction of sp³-hybridized carbons (Fsp3) is 0.429. The van der Waals surface area contributed by atoms with Crippen LogP contribution in [0.25, 0.3) is 0 Å². The Labute approximate surface area is 114 Å². The minimum Gasteiger partial charge on any atom is -0.480 e. The minimum absolute atomic E-state index is 0.156. The van der Waals surface area contributed by atoms with E-state index in [9.17, 15) is 18.4 Å². The number of hydrogen-bond donors (Lipinski definition) is 2. The Hall–Kier alpha value is -1.98. The molecule has 2 rings (SSSR count). The number of benzene rings is 1. The third kappa shape index (κ3) is 2.50. The zero-order valence-corrected chi connectivity index (χ0v) is 11.0. The highest BCUT2D eigenvalue weighted by Crippen LogP contribution is 2.46. The molecule has 0 aliphatic heterocycles. The molecule has 0 aromatic heterocycles. The molecule has 0 bridgehead atoms. The second kappa shape index (κ2) is 5.19. The molecule has 2 N–H and O–H groups in total. The molecule has 1 aliphatic rings. The van der Waals surface area contributed by atoms with Gasteiger partial charge in [-0.1, -0.05) is 13.0 Å². The van der Waals surface area contributed by atoms with Crippen molar-refractivity contribution in [2.45, 2.75) is 32.2 Å². The van der Waals surface area contributed by atoms with Gasteiger partial charge in [-0.05, 0) is 25.3 Å². The number of carbonyl (C=O) groups is 2. The van der Waals surface area contributed by atoms with E-state index in [4.69, 9.17) is 5.11 Å². The van der Waals surface area contributed by atoms with Crippen molar-refractivity contribution in [1.29, 1.82) is 0 Å². The highest BCUT2D eigenvalue weighted by atomic mass is 19.1. The largest absolute Gasteiger partial charge is 0.480 e. The van der Waals surface area contributed by atoms with Gasteiger partial charge in [0.1, 0.15) is 17.0 Å². The second-order valence-electron chi connectivity index (χ2n) is 4.99. The van der Waals surface area contributed by atoms with Gasteiger partial charge in [0.2, 0.25) is 5.91 Å². The fourth-order valence-corrected chi connectivity index (χ4v) is 2.14. The van der Waals surface area contributed by atoms with Crippen molar-refractivity contribution in [3.05, 3.63) is 35.4 Å². The molecular weight excluding hydrogens is 268 g/mol. The molecule has 108 valence electrons. The SMILES string of the molecule is CCC(NC(=O)C1(C(=O)O)CC1)c1ccc(F)cc1F. The Balaban J connectivity index is 2.17. The summed E-state index contributed by atoms with van der Waals surface area (Å²) >= 11 is 0. The Kier molecular flexibility index (Phi) is 3.74. The summed E-state index contributed by atoms with van der Waals surface area (Å²) < 4.78 is 26.6. The van der Waals surface area contributed by atoms with Crippen LogP contribution in [-0.2, 0) is 9.59 Å². The highest BCUT2D eigenvalue weighted by Gasteiger charge is 2.57. The summed E-state index contributed by atoms with van der Waals surface area (Å²) in [6.45, 7) is 1.73. The van der Waals surface area contributed by atoms with Crippen LogP contribution >= 0.6 is 0 Å². The monoisotopic (exact) mass is 283 g/mol. The van der Waals surface area contributed by atoms with Gasteiger partial charge >= 0.3 is 5.97 Å². The molecule has 1 aromatic rings. The Bertz CT molecular complexity index is 555. The van der Waals surface area contributed by atoms with Gasteiger partial charge in [0.15, 0.2) is 0 Å². The summed E-state index contributed by atoms with van der Waals surface area (Å²) in [4.78, 5) is 23.1. The van der Waals surface area contributed by atoms with E-state index in [-0.39, 0.29) is 18.4 Å². The van der Waals surface area contributed by atoms with Gasteiger partial charge in [0.05, 0.1) is 6.04 Å². The fourth-order valence-electron chi connectivity index (χ4n) is 2.14. The molecule has 0 heterocycles. The first-order chi connectivity index (χ1) is 9.40. The van der Waals surface area contributed by atoms with Gasteiger partial charge in [-0.25, -0.2) is 8.78 Å². The van der Waals surface area contributed by atoms with Gasteiger partial charge in [0, 0.05) is 11.6 Å². The Morgan fingerprint density at radius 3 is 2.50 bits per heavy atom. The summed E-state index contributed by atoms with van der Waals surface area (Å²) in [6, 6.07) is 2.45. The van der Waals surface area contributed by atoms with E-state index in [2.05, 4.69) is 5.32 Å². The number of nitrogens with one attached hydrogen (secondary N) is 1. The van der Waals surface area contributed by atoms with Crippen molar-refractivity contribution in [1.82, 2.24) is 5.32 Å². The van der Waals surface area contributed by atoms with E-state index < -0.39 is 35.0 Å². The van der Waals surface area contributed by atoms with Crippen molar-refractivity contribution in [2.75, 3.05) is 0 Å². The quantitative estimate of drug-likeness (QED) is 0.815. The van der Waals surface area contributed by atoms with E-state index >= 15 is 0 Å². The molecule has 0 spiro atoms. The molecule has 4 nitrogen and oxygen atoms in total. The molecule has 1 unspecified atom stereocenters. The predicted octanol–water partition coefficient (Wildman–Crippen LogP) is 2.40. The minimum atomic E-state index is -1.37. The molecule has 1 amide bonds. The standard InChI is InChI=1S/C14H15F2NO3/c1-2-11(9-4-3-8(15)7-10(9)16)17-12(18)14(5-6-14)13(19)20/h3-4,7,11H,2,5-6H2,1H3,(H,17,18)(H,19,20). The van der Waals surface area contributed by atoms with E-state index in [0.717, 1.165) is 12.1 Å². The second-order valence-corrected chi connectivity index (χ2v) is 4.99. The molecule has 0 radical (unpaired) electrons. The normalized spacial score (nSPS) is 17.4. The number of rotatable bonds is 5. The van der Waals surface area contributed by atoms with E-state index in [1.54, 1.807) is 6.92 Å². The van der Waals surface area contributed by atoms with Crippen molar-refractivity contribution in [3.63, 3.8) is 0 Å². The van der Waals surface area contributed by atoms with Crippen molar-refractivity contribution >= 4 is 11.9 Å². The van der Waals surface area contributed by atoms with Crippen LogP contribution in [0, 0.1) is 17.0 Å². The Morgan fingerprint density at radius 1 is 1.40 bits per heavy atom. The van der Waals surface area contributed by atoms with Crippen LogP contribution < -0.4 is 5.32 Å². The molecule has 1 aliphatic carbocycles. The number of aliphatic carboxylic acids is 1. The van der Waals surface area contributed by atoms with E-state index in [0.29, 0.717) is 6.42 Å². The number of carbonyl (C=O) groups excluding carboxylic acids is 1. The third-order valence-corrected chi connectivity index (χ3v) is 3.65. The van der Waals surface area contributed by atoms with Gasteiger partial charge in [-0.15, -0.1) is 0 Å². The van der Waals surface area contributed by atoms with Gasteiger partial charge < -0.3 is 10.4 Å². The first kappa shape index (κ1) is 14.4. The molecule has 0 saturated heterocycles. The lowest BCUT2D eigenvalue weighted by Crippen LogP contribution is -2.39. The predicted molar refractivity (Wildman–Crippen MR) is 66.8 cm³/mol. The van der Waals surface area contributed by atoms with Gasteiger partial charge in [-0.3, -0.25) is 9.59 Å². The maximum absolute atomic E-state index is 13.7. The number of hydrogen-bond acceptors (Lipinski definition) is 2. The topological polar surface area (TPSA) is 66.4 Å². The summed E-state index contributed by atoms with van der Waals surface area (Å²) in [5, 5.41) is 11.6. The molecular formula is C14H15F2NO3. The molecule has 1 saturated carbocycles. The van der Waals surface area contributed by atoms with Crippen LogP contribution in [0.4, 0.5) is 8.78 Å². The number of halogens is 2. The van der Waals surface area contributed by atoms with Crippen LogP contribution in [0.15, 0.2) is 18.2 Å². The first-order valence-corrected chi connectivity index (χ1v) is 6.40. The third-order valence-electron chi connectivity index (χ3n) is 3.65. The van der Waals surface area contributed by atoms with Crippen LogP contribution in [0.1, 0.15) is 37.8 Å². The molecule has 1 atom stereocenters. The lowest BCUT2D eigenvalue weighted by atomic mass is 10.0. The summed E-state index contributed by atoms with van der Waals surface area (Å²) in [5.41, 5.74) is -1.22. The lowest BCUT2D eigenvalue weighted by molar-refractivity contribution is -0.149. The van der Waals surface area contributed by atoms with Gasteiger partial charge in [-0.2, -0.15) is 0 Å². The summed E-state index contributed by atoms with van der Waals surface area (Å²) in [5.74, 6) is -3.22. The van der Waals surface area contributed by atoms with Crippen LogP contribution in [0.2, 0.25) is 0 Å². The molecule has 20 heavy (non-hydrogen) atoms. The lowest BCUT2D eigenvalue weighted by Gasteiger charge is -2.20. The van der Waals surface area contributed by atoms with Crippen LogP contribution in [0.5, 0.6) is 0 Å².